The SMILES string of the molecule is NONCCC#Cc1ccc(OCCCN2CCN([C@H](c3ccccc3)c3ccc(Cl)cc3)CC2)cc1. The Morgan fingerprint density at radius 3 is 2.30 bits per heavy atom. The third-order valence-corrected chi connectivity index (χ3v) is 6.73. The van der Waals surface area contributed by atoms with Gasteiger partial charge in [-0.3, -0.25) is 4.90 Å². The van der Waals surface area contributed by atoms with Crippen LogP contribution in [0.25, 0.3) is 0 Å². The average molecular weight is 519 g/mol. The van der Waals surface area contributed by atoms with Crippen molar-refractivity contribution in [1.29, 1.82) is 0 Å². The Balaban J connectivity index is 1.21. The lowest BCUT2D eigenvalue weighted by Crippen LogP contribution is -2.48. The summed E-state index contributed by atoms with van der Waals surface area (Å²) in [7, 11) is 0. The van der Waals surface area contributed by atoms with Crippen LogP contribution in [0.4, 0.5) is 0 Å². The van der Waals surface area contributed by atoms with Crippen LogP contribution in [-0.4, -0.2) is 55.7 Å². The normalized spacial score (nSPS) is 15.1. The molecule has 1 fully saturated rings. The van der Waals surface area contributed by atoms with Crippen molar-refractivity contribution >= 4 is 11.6 Å². The Labute approximate surface area is 225 Å². The Hall–Kier alpha value is -2.89. The minimum absolute atomic E-state index is 0.244. The summed E-state index contributed by atoms with van der Waals surface area (Å²) in [4.78, 5) is 9.42. The highest BCUT2D eigenvalue weighted by Crippen LogP contribution is 2.30. The summed E-state index contributed by atoms with van der Waals surface area (Å²) in [6, 6.07) is 27.2. The lowest BCUT2D eigenvalue weighted by Gasteiger charge is -2.39. The smallest absolute Gasteiger partial charge is 0.119 e. The molecule has 1 saturated heterocycles. The van der Waals surface area contributed by atoms with E-state index in [1.54, 1.807) is 0 Å². The molecule has 7 heteroatoms. The van der Waals surface area contributed by atoms with E-state index in [0.717, 1.165) is 55.5 Å². The van der Waals surface area contributed by atoms with Gasteiger partial charge in [-0.05, 0) is 53.9 Å². The van der Waals surface area contributed by atoms with Crippen molar-refractivity contribution in [2.75, 3.05) is 45.9 Å². The van der Waals surface area contributed by atoms with Crippen molar-refractivity contribution in [3.05, 3.63) is 101 Å². The van der Waals surface area contributed by atoms with E-state index < -0.39 is 0 Å². The second-order valence-electron chi connectivity index (χ2n) is 9.03. The number of nitrogens with two attached hydrogens (primary N) is 1. The summed E-state index contributed by atoms with van der Waals surface area (Å²) in [5.41, 5.74) is 6.13. The molecule has 37 heavy (non-hydrogen) atoms. The Morgan fingerprint density at radius 1 is 0.892 bits per heavy atom. The van der Waals surface area contributed by atoms with Crippen LogP contribution in [0, 0.1) is 11.8 Å². The zero-order valence-corrected chi connectivity index (χ0v) is 21.9. The maximum atomic E-state index is 6.16. The van der Waals surface area contributed by atoms with Gasteiger partial charge in [-0.25, -0.2) is 4.94 Å². The molecule has 0 aliphatic carbocycles. The van der Waals surface area contributed by atoms with E-state index in [1.165, 1.54) is 11.1 Å². The first-order chi connectivity index (χ1) is 18.2. The van der Waals surface area contributed by atoms with Crippen molar-refractivity contribution in [1.82, 2.24) is 15.3 Å². The van der Waals surface area contributed by atoms with E-state index in [4.69, 9.17) is 22.2 Å². The molecule has 1 atom stereocenters. The highest BCUT2D eigenvalue weighted by Gasteiger charge is 2.26. The maximum absolute atomic E-state index is 6.16. The summed E-state index contributed by atoms with van der Waals surface area (Å²) < 4.78 is 5.96. The molecule has 3 aromatic carbocycles. The second-order valence-corrected chi connectivity index (χ2v) is 9.47. The quantitative estimate of drug-likeness (QED) is 0.219. The highest BCUT2D eigenvalue weighted by atomic mass is 35.5. The second kappa shape index (κ2) is 14.7. The number of hydroxylamine groups is 1. The van der Waals surface area contributed by atoms with Crippen molar-refractivity contribution in [3.8, 4) is 17.6 Å². The summed E-state index contributed by atoms with van der Waals surface area (Å²) in [5.74, 6) is 12.0. The van der Waals surface area contributed by atoms with Gasteiger partial charge in [0, 0.05) is 56.3 Å². The van der Waals surface area contributed by atoms with Gasteiger partial charge in [0.15, 0.2) is 0 Å². The number of hydrogen-bond donors (Lipinski definition) is 2. The van der Waals surface area contributed by atoms with Gasteiger partial charge in [0.1, 0.15) is 5.75 Å². The Kier molecular flexibility index (Phi) is 10.8. The molecule has 0 amide bonds. The number of halogens is 1. The summed E-state index contributed by atoms with van der Waals surface area (Å²) >= 11 is 6.16. The van der Waals surface area contributed by atoms with E-state index in [0.29, 0.717) is 19.6 Å². The minimum Gasteiger partial charge on any atom is -0.494 e. The number of rotatable bonds is 11. The van der Waals surface area contributed by atoms with Gasteiger partial charge >= 0.3 is 0 Å². The predicted molar refractivity (Wildman–Crippen MR) is 149 cm³/mol. The molecule has 6 nitrogen and oxygen atoms in total. The predicted octanol–water partition coefficient (Wildman–Crippen LogP) is 4.65. The maximum Gasteiger partial charge on any atom is 0.119 e. The largest absolute Gasteiger partial charge is 0.494 e. The van der Waals surface area contributed by atoms with Gasteiger partial charge in [0.25, 0.3) is 0 Å². The van der Waals surface area contributed by atoms with Gasteiger partial charge in [0.2, 0.25) is 0 Å². The van der Waals surface area contributed by atoms with E-state index in [9.17, 15) is 0 Å². The van der Waals surface area contributed by atoms with E-state index >= 15 is 0 Å². The number of benzene rings is 3. The van der Waals surface area contributed by atoms with Crippen LogP contribution in [0.15, 0.2) is 78.9 Å². The van der Waals surface area contributed by atoms with E-state index in [2.05, 4.69) is 74.5 Å². The van der Waals surface area contributed by atoms with Crippen molar-refractivity contribution < 1.29 is 9.68 Å². The molecule has 0 unspecified atom stereocenters. The number of hydrogen-bond acceptors (Lipinski definition) is 6. The molecular formula is C30H35ClN4O2. The third kappa shape index (κ3) is 8.58. The summed E-state index contributed by atoms with van der Waals surface area (Å²) in [6.07, 6.45) is 1.66. The highest BCUT2D eigenvalue weighted by molar-refractivity contribution is 6.30. The fraction of sp³-hybridized carbons (Fsp3) is 0.333. The van der Waals surface area contributed by atoms with Gasteiger partial charge in [-0.2, -0.15) is 11.4 Å². The number of ether oxygens (including phenoxy) is 1. The Bertz CT molecular complexity index is 1120. The number of nitrogens with one attached hydrogen (secondary N) is 1. The first-order valence-electron chi connectivity index (χ1n) is 12.8. The van der Waals surface area contributed by atoms with Crippen LogP contribution in [0.2, 0.25) is 5.02 Å². The molecule has 0 aromatic heterocycles. The summed E-state index contributed by atoms with van der Waals surface area (Å²) in [6.45, 7) is 6.49. The standard InChI is InChI=1S/C30H35ClN4O2/c31-28-14-12-27(13-15-28)30(26-8-2-1-3-9-26)35-22-20-34(21-23-35)19-6-24-36-29-16-10-25(11-17-29)7-4-5-18-33-37-32/h1-3,8-17,30,33H,5-6,18-24,32H2/t30-/m1/s1. The van der Waals surface area contributed by atoms with Gasteiger partial charge in [-0.15, -0.1) is 0 Å². The average Bonchev–Trinajstić information content (AvgIpc) is 2.94. The topological polar surface area (TPSA) is 63.0 Å². The van der Waals surface area contributed by atoms with Crippen LogP contribution >= 0.6 is 11.6 Å². The van der Waals surface area contributed by atoms with Crippen LogP contribution < -0.4 is 16.1 Å². The van der Waals surface area contributed by atoms with Crippen molar-refractivity contribution in [3.63, 3.8) is 0 Å². The lowest BCUT2D eigenvalue weighted by molar-refractivity contribution is 0.0425. The van der Waals surface area contributed by atoms with Gasteiger partial charge in [0.05, 0.1) is 12.6 Å². The van der Waals surface area contributed by atoms with Crippen LogP contribution in [0.3, 0.4) is 0 Å². The fourth-order valence-corrected chi connectivity index (χ4v) is 4.72. The first-order valence-corrected chi connectivity index (χ1v) is 13.2. The van der Waals surface area contributed by atoms with E-state index in [-0.39, 0.29) is 6.04 Å². The van der Waals surface area contributed by atoms with Gasteiger partial charge in [-0.1, -0.05) is 65.9 Å². The van der Waals surface area contributed by atoms with Gasteiger partial charge < -0.3 is 9.64 Å². The molecule has 0 spiro atoms. The summed E-state index contributed by atoms with van der Waals surface area (Å²) in [5, 5.41) is 0.773. The van der Waals surface area contributed by atoms with Crippen LogP contribution in [0.1, 0.15) is 35.6 Å². The fourth-order valence-electron chi connectivity index (χ4n) is 4.59. The molecule has 1 heterocycles. The molecule has 1 aliphatic rings. The third-order valence-electron chi connectivity index (χ3n) is 6.48. The molecule has 0 saturated carbocycles. The van der Waals surface area contributed by atoms with Crippen molar-refractivity contribution in [2.45, 2.75) is 18.9 Å². The zero-order chi connectivity index (χ0) is 25.7. The Morgan fingerprint density at radius 2 is 1.59 bits per heavy atom. The monoisotopic (exact) mass is 518 g/mol. The lowest BCUT2D eigenvalue weighted by atomic mass is 9.96. The molecule has 4 rings (SSSR count). The van der Waals surface area contributed by atoms with E-state index in [1.807, 2.05) is 36.4 Å². The molecule has 3 aromatic rings. The van der Waals surface area contributed by atoms with Crippen LogP contribution in [-0.2, 0) is 4.94 Å². The number of nitrogens with zero attached hydrogens (tertiary/aromatic N) is 2. The first kappa shape index (κ1) is 27.2. The molecule has 194 valence electrons. The molecule has 0 radical (unpaired) electrons. The van der Waals surface area contributed by atoms with Crippen molar-refractivity contribution in [2.24, 2.45) is 5.90 Å². The molecule has 3 N–H and O–H groups in total. The number of piperazine rings is 1. The molecular weight excluding hydrogens is 484 g/mol. The molecule has 1 aliphatic heterocycles. The van der Waals surface area contributed by atoms with Crippen LogP contribution in [0.5, 0.6) is 5.75 Å². The zero-order valence-electron chi connectivity index (χ0n) is 21.1. The molecule has 0 bridgehead atoms. The minimum atomic E-state index is 0.244.